The second-order valence-corrected chi connectivity index (χ2v) is 7.19. The summed E-state index contributed by atoms with van der Waals surface area (Å²) < 4.78 is 15.2. The van der Waals surface area contributed by atoms with Gasteiger partial charge in [0.2, 0.25) is 0 Å². The first kappa shape index (κ1) is 16.5. The van der Waals surface area contributed by atoms with Gasteiger partial charge in [-0.05, 0) is 52.2 Å². The summed E-state index contributed by atoms with van der Waals surface area (Å²) in [5, 5.41) is 3.38. The Morgan fingerprint density at radius 3 is 2.62 bits per heavy atom. The maximum Gasteiger partial charge on any atom is 0.137 e. The van der Waals surface area contributed by atoms with Crippen LogP contribution >= 0.6 is 27.7 Å². The molecule has 0 aromatic heterocycles. The van der Waals surface area contributed by atoms with Crippen LogP contribution in [0.5, 0.6) is 0 Å². The van der Waals surface area contributed by atoms with Gasteiger partial charge in [0, 0.05) is 15.9 Å². The van der Waals surface area contributed by atoms with Gasteiger partial charge in [-0.25, -0.2) is 4.39 Å². The molecule has 0 amide bonds. The molecule has 1 nitrogen and oxygen atoms in total. The van der Waals surface area contributed by atoms with Crippen molar-refractivity contribution in [3.05, 3.63) is 58.3 Å². The van der Waals surface area contributed by atoms with Crippen LogP contribution in [0.3, 0.4) is 0 Å². The Kier molecular flexibility index (Phi) is 6.27. The fraction of sp³-hybridized carbons (Fsp3) is 0.294. The lowest BCUT2D eigenvalue weighted by Crippen LogP contribution is -2.19. The maximum absolute atomic E-state index is 14.2. The van der Waals surface area contributed by atoms with Crippen LogP contribution in [0.2, 0.25) is 0 Å². The van der Waals surface area contributed by atoms with Gasteiger partial charge in [0.05, 0.1) is 4.90 Å². The molecule has 0 saturated heterocycles. The lowest BCUT2D eigenvalue weighted by atomic mass is 10.2. The number of halogens is 2. The molecule has 112 valence electrons. The molecule has 0 aliphatic rings. The highest BCUT2D eigenvalue weighted by Crippen LogP contribution is 2.36. The lowest BCUT2D eigenvalue weighted by molar-refractivity contribution is 0.543. The molecule has 2 aromatic rings. The van der Waals surface area contributed by atoms with Crippen LogP contribution in [-0.2, 0) is 6.54 Å². The Balaban J connectivity index is 2.20. The van der Waals surface area contributed by atoms with Crippen LogP contribution in [0.15, 0.2) is 56.7 Å². The molecule has 4 heteroatoms. The molecular weight excluding hydrogens is 349 g/mol. The van der Waals surface area contributed by atoms with Gasteiger partial charge in [0.25, 0.3) is 0 Å². The second-order valence-electron chi connectivity index (χ2n) is 5.29. The molecule has 0 aliphatic heterocycles. The van der Waals surface area contributed by atoms with E-state index >= 15 is 0 Å². The minimum atomic E-state index is -0.167. The molecule has 0 atom stereocenters. The molecule has 2 rings (SSSR count). The van der Waals surface area contributed by atoms with E-state index in [1.54, 1.807) is 6.07 Å². The van der Waals surface area contributed by atoms with Gasteiger partial charge >= 0.3 is 0 Å². The van der Waals surface area contributed by atoms with Crippen molar-refractivity contribution in [1.29, 1.82) is 0 Å². The molecule has 0 heterocycles. The highest BCUT2D eigenvalue weighted by Gasteiger charge is 2.11. The summed E-state index contributed by atoms with van der Waals surface area (Å²) in [7, 11) is 0. The van der Waals surface area contributed by atoms with Crippen LogP contribution in [0.4, 0.5) is 4.39 Å². The van der Waals surface area contributed by atoms with Crippen molar-refractivity contribution in [2.75, 3.05) is 6.54 Å². The Morgan fingerprint density at radius 2 is 1.90 bits per heavy atom. The SMILES string of the molecule is CC(C)CNCc1cccc(F)c1Sc1ccccc1Br. The van der Waals surface area contributed by atoms with Gasteiger partial charge in [-0.2, -0.15) is 0 Å². The number of nitrogens with one attached hydrogen (secondary N) is 1. The fourth-order valence-electron chi connectivity index (χ4n) is 1.94. The van der Waals surface area contributed by atoms with Crippen molar-refractivity contribution in [3.8, 4) is 0 Å². The smallest absolute Gasteiger partial charge is 0.137 e. The molecule has 0 saturated carbocycles. The van der Waals surface area contributed by atoms with Crippen LogP contribution in [0, 0.1) is 11.7 Å². The molecular formula is C17H19BrFNS. The Labute approximate surface area is 138 Å². The van der Waals surface area contributed by atoms with E-state index in [0.29, 0.717) is 17.4 Å². The normalized spacial score (nSPS) is 11.1. The van der Waals surface area contributed by atoms with E-state index in [9.17, 15) is 4.39 Å². The van der Waals surface area contributed by atoms with Gasteiger partial charge in [0.15, 0.2) is 0 Å². The van der Waals surface area contributed by atoms with E-state index in [0.717, 1.165) is 21.5 Å². The van der Waals surface area contributed by atoms with Crippen molar-refractivity contribution in [2.24, 2.45) is 5.92 Å². The predicted octanol–water partition coefficient (Wildman–Crippen LogP) is 5.49. The zero-order valence-electron chi connectivity index (χ0n) is 12.2. The number of rotatable bonds is 6. The molecule has 0 fully saturated rings. The van der Waals surface area contributed by atoms with E-state index < -0.39 is 0 Å². The first-order valence-corrected chi connectivity index (χ1v) is 8.59. The zero-order valence-corrected chi connectivity index (χ0v) is 14.6. The minimum Gasteiger partial charge on any atom is -0.312 e. The van der Waals surface area contributed by atoms with Crippen molar-refractivity contribution >= 4 is 27.7 Å². The predicted molar refractivity (Wildman–Crippen MR) is 91.2 cm³/mol. The van der Waals surface area contributed by atoms with Crippen LogP contribution in [0.1, 0.15) is 19.4 Å². The van der Waals surface area contributed by atoms with Crippen molar-refractivity contribution in [2.45, 2.75) is 30.2 Å². The second kappa shape index (κ2) is 7.97. The highest BCUT2D eigenvalue weighted by atomic mass is 79.9. The summed E-state index contributed by atoms with van der Waals surface area (Å²) in [5.74, 6) is 0.414. The van der Waals surface area contributed by atoms with E-state index in [2.05, 4.69) is 35.1 Å². The Bertz CT molecular complexity index is 601. The molecule has 21 heavy (non-hydrogen) atoms. The number of hydrogen-bond donors (Lipinski definition) is 1. The Hall–Kier alpha value is -0.840. The number of hydrogen-bond acceptors (Lipinski definition) is 2. The third kappa shape index (κ3) is 4.83. The van der Waals surface area contributed by atoms with Crippen LogP contribution in [0.25, 0.3) is 0 Å². The maximum atomic E-state index is 14.2. The molecule has 0 radical (unpaired) electrons. The number of benzene rings is 2. The van der Waals surface area contributed by atoms with Crippen molar-refractivity contribution in [1.82, 2.24) is 5.32 Å². The first-order chi connectivity index (χ1) is 10.1. The quantitative estimate of drug-likeness (QED) is 0.724. The third-order valence-corrected chi connectivity index (χ3v) is 5.16. The molecule has 0 bridgehead atoms. The monoisotopic (exact) mass is 367 g/mol. The highest BCUT2D eigenvalue weighted by molar-refractivity contribution is 9.10. The van der Waals surface area contributed by atoms with E-state index in [1.807, 2.05) is 30.3 Å². The van der Waals surface area contributed by atoms with E-state index in [4.69, 9.17) is 0 Å². The summed E-state index contributed by atoms with van der Waals surface area (Å²) in [6, 6.07) is 13.2. The molecule has 0 spiro atoms. The summed E-state index contributed by atoms with van der Waals surface area (Å²) in [5.41, 5.74) is 0.997. The van der Waals surface area contributed by atoms with E-state index in [-0.39, 0.29) is 5.82 Å². The zero-order chi connectivity index (χ0) is 15.2. The fourth-order valence-corrected chi connectivity index (χ4v) is 3.44. The average Bonchev–Trinajstić information content (AvgIpc) is 2.44. The first-order valence-electron chi connectivity index (χ1n) is 6.98. The molecule has 2 aromatic carbocycles. The van der Waals surface area contributed by atoms with Crippen molar-refractivity contribution < 1.29 is 4.39 Å². The molecule has 0 unspecified atom stereocenters. The Morgan fingerprint density at radius 1 is 1.14 bits per heavy atom. The average molecular weight is 368 g/mol. The van der Waals surface area contributed by atoms with Crippen LogP contribution < -0.4 is 5.32 Å². The molecule has 0 aliphatic carbocycles. The van der Waals surface area contributed by atoms with Crippen molar-refractivity contribution in [3.63, 3.8) is 0 Å². The van der Waals surface area contributed by atoms with Gasteiger partial charge in [0.1, 0.15) is 5.82 Å². The summed E-state index contributed by atoms with van der Waals surface area (Å²) in [6.45, 7) is 5.93. The van der Waals surface area contributed by atoms with Gasteiger partial charge in [-0.3, -0.25) is 0 Å². The third-order valence-electron chi connectivity index (χ3n) is 2.97. The van der Waals surface area contributed by atoms with Gasteiger partial charge in [-0.1, -0.05) is 49.9 Å². The summed E-state index contributed by atoms with van der Waals surface area (Å²) in [6.07, 6.45) is 0. The van der Waals surface area contributed by atoms with Gasteiger partial charge < -0.3 is 5.32 Å². The van der Waals surface area contributed by atoms with E-state index in [1.165, 1.54) is 17.8 Å². The lowest BCUT2D eigenvalue weighted by Gasteiger charge is -2.13. The minimum absolute atomic E-state index is 0.167. The summed E-state index contributed by atoms with van der Waals surface area (Å²) >= 11 is 4.98. The largest absolute Gasteiger partial charge is 0.312 e. The molecule has 1 N–H and O–H groups in total. The summed E-state index contributed by atoms with van der Waals surface area (Å²) in [4.78, 5) is 1.72. The topological polar surface area (TPSA) is 12.0 Å². The van der Waals surface area contributed by atoms with Crippen LogP contribution in [-0.4, -0.2) is 6.54 Å². The standard InChI is InChI=1S/C17H19BrFNS/c1-12(2)10-20-11-13-6-5-8-15(19)17(13)21-16-9-4-3-7-14(16)18/h3-9,12,20H,10-11H2,1-2H3. The van der Waals surface area contributed by atoms with Gasteiger partial charge in [-0.15, -0.1) is 0 Å².